The molecule has 2 aromatic rings. The molecule has 1 amide bonds. The zero-order valence-corrected chi connectivity index (χ0v) is 22.5. The molecule has 1 saturated heterocycles. The maximum atomic E-state index is 13.5. The molecule has 6 nitrogen and oxygen atoms in total. The van der Waals surface area contributed by atoms with Gasteiger partial charge in [0.25, 0.3) is 5.91 Å². The Balaban J connectivity index is 1.28. The number of sulfonamides is 1. The molecule has 0 radical (unpaired) electrons. The first-order valence-corrected chi connectivity index (χ1v) is 14.0. The number of carbonyl (C=O) groups excluding carboxylic acids is 1. The number of hydrogen-bond donors (Lipinski definition) is 0. The molecule has 1 aliphatic heterocycles. The molecule has 0 bridgehead atoms. The van der Waals surface area contributed by atoms with Crippen LogP contribution in [0.25, 0.3) is 0 Å². The van der Waals surface area contributed by atoms with E-state index < -0.39 is 14.8 Å². The van der Waals surface area contributed by atoms with Gasteiger partial charge in [0.15, 0.2) is 0 Å². The monoisotopic (exact) mass is 518 g/mol. The lowest BCUT2D eigenvalue weighted by molar-refractivity contribution is 0.0827. The maximum Gasteiger partial charge on any atom is 0.254 e. The Hall–Kier alpha value is -2.09. The molecule has 2 fully saturated rings. The molecular weight excluding hydrogens is 484 g/mol. The minimum absolute atomic E-state index is 0.137. The van der Waals surface area contributed by atoms with Gasteiger partial charge in [0.2, 0.25) is 10.0 Å². The van der Waals surface area contributed by atoms with Gasteiger partial charge in [0.05, 0.1) is 17.2 Å². The highest BCUT2D eigenvalue weighted by atomic mass is 35.5. The standard InChI is InChI=1S/C27H35ClN2O4S/c1-26(2,20-8-6-5-7-9-20)35(32,33)30-15-13-27(14-16-30)19-21(27)12-17-34-22-10-11-23(24(28)18-22)25(31)29(3)4/h5-11,18,21H,12-17,19H2,1-4H3/t21-/m0/s1. The molecule has 1 saturated carbocycles. The van der Waals surface area contributed by atoms with E-state index in [0.717, 1.165) is 31.2 Å². The van der Waals surface area contributed by atoms with E-state index in [1.165, 1.54) is 4.90 Å². The van der Waals surface area contributed by atoms with E-state index in [1.807, 2.05) is 30.3 Å². The van der Waals surface area contributed by atoms with Gasteiger partial charge in [0, 0.05) is 27.2 Å². The van der Waals surface area contributed by atoms with Crippen LogP contribution in [0.4, 0.5) is 0 Å². The smallest absolute Gasteiger partial charge is 0.254 e. The van der Waals surface area contributed by atoms with Gasteiger partial charge in [-0.25, -0.2) is 12.7 Å². The van der Waals surface area contributed by atoms with E-state index in [-0.39, 0.29) is 11.3 Å². The van der Waals surface area contributed by atoms with Crippen LogP contribution in [0.2, 0.25) is 5.02 Å². The molecule has 1 atom stereocenters. The Morgan fingerprint density at radius 3 is 2.40 bits per heavy atom. The summed E-state index contributed by atoms with van der Waals surface area (Å²) in [6, 6.07) is 14.6. The maximum absolute atomic E-state index is 13.5. The number of rotatable bonds is 8. The summed E-state index contributed by atoms with van der Waals surface area (Å²) in [5.41, 5.74) is 1.52. The summed E-state index contributed by atoms with van der Waals surface area (Å²) in [7, 11) is -0.0715. The number of hydrogen-bond acceptors (Lipinski definition) is 4. The first-order valence-electron chi connectivity index (χ1n) is 12.2. The van der Waals surface area contributed by atoms with Crippen molar-refractivity contribution >= 4 is 27.5 Å². The number of ether oxygens (including phenoxy) is 1. The quantitative estimate of drug-likeness (QED) is 0.483. The third-order valence-electron chi connectivity index (χ3n) is 7.84. The van der Waals surface area contributed by atoms with Crippen LogP contribution >= 0.6 is 11.6 Å². The van der Waals surface area contributed by atoms with Crippen LogP contribution in [0.15, 0.2) is 48.5 Å². The third-order valence-corrected chi connectivity index (χ3v) is 10.7. The summed E-state index contributed by atoms with van der Waals surface area (Å²) in [4.78, 5) is 13.6. The van der Waals surface area contributed by atoms with Crippen LogP contribution in [-0.4, -0.2) is 57.3 Å². The molecule has 190 valence electrons. The topological polar surface area (TPSA) is 66.9 Å². The van der Waals surface area contributed by atoms with E-state index >= 15 is 0 Å². The van der Waals surface area contributed by atoms with Crippen molar-refractivity contribution in [2.45, 2.75) is 44.3 Å². The van der Waals surface area contributed by atoms with Crippen molar-refractivity contribution in [2.75, 3.05) is 33.8 Å². The SMILES string of the molecule is CN(C)C(=O)c1ccc(OCC[C@H]2CC23CCN(S(=O)(=O)C(C)(C)c2ccccc2)CC3)cc1Cl. The Morgan fingerprint density at radius 1 is 1.14 bits per heavy atom. The molecule has 0 unspecified atom stereocenters. The fourth-order valence-electron chi connectivity index (χ4n) is 5.25. The van der Waals surface area contributed by atoms with Crippen molar-refractivity contribution < 1.29 is 17.9 Å². The summed E-state index contributed by atoms with van der Waals surface area (Å²) in [6.45, 7) is 5.33. The molecular formula is C27H35ClN2O4S. The molecule has 2 aromatic carbocycles. The van der Waals surface area contributed by atoms with E-state index in [0.29, 0.717) is 41.9 Å². The van der Waals surface area contributed by atoms with Crippen molar-refractivity contribution in [3.8, 4) is 5.75 Å². The number of halogens is 1. The lowest BCUT2D eigenvalue weighted by Gasteiger charge is -2.37. The fourth-order valence-corrected chi connectivity index (χ4v) is 7.25. The zero-order chi connectivity index (χ0) is 25.4. The Morgan fingerprint density at radius 2 is 1.80 bits per heavy atom. The molecule has 2 aliphatic rings. The molecule has 4 rings (SSSR count). The molecule has 0 N–H and O–H groups in total. The molecule has 1 spiro atoms. The average molecular weight is 519 g/mol. The van der Waals surface area contributed by atoms with Crippen molar-refractivity contribution in [2.24, 2.45) is 11.3 Å². The molecule has 8 heteroatoms. The second kappa shape index (κ2) is 9.75. The summed E-state index contributed by atoms with van der Waals surface area (Å²) < 4.78 is 33.6. The Kier molecular flexibility index (Phi) is 7.24. The first kappa shape index (κ1) is 26.0. The predicted molar refractivity (Wildman–Crippen MR) is 139 cm³/mol. The van der Waals surface area contributed by atoms with E-state index in [1.54, 1.807) is 50.4 Å². The van der Waals surface area contributed by atoms with Gasteiger partial charge < -0.3 is 9.64 Å². The van der Waals surface area contributed by atoms with Crippen molar-refractivity contribution in [1.29, 1.82) is 0 Å². The van der Waals surface area contributed by atoms with Gasteiger partial charge in [-0.1, -0.05) is 41.9 Å². The Bertz CT molecular complexity index is 1170. The lowest BCUT2D eigenvalue weighted by Crippen LogP contribution is -2.47. The lowest BCUT2D eigenvalue weighted by atomic mass is 9.91. The highest BCUT2D eigenvalue weighted by molar-refractivity contribution is 7.90. The summed E-state index contributed by atoms with van der Waals surface area (Å²) >= 11 is 6.28. The number of nitrogens with zero attached hydrogens (tertiary/aromatic N) is 2. The zero-order valence-electron chi connectivity index (χ0n) is 21.0. The van der Waals surface area contributed by atoms with Crippen LogP contribution in [-0.2, 0) is 14.8 Å². The third kappa shape index (κ3) is 5.09. The summed E-state index contributed by atoms with van der Waals surface area (Å²) in [5.74, 6) is 1.07. The van der Waals surface area contributed by atoms with Gasteiger partial charge in [-0.2, -0.15) is 0 Å². The number of piperidine rings is 1. The van der Waals surface area contributed by atoms with Crippen LogP contribution in [0.3, 0.4) is 0 Å². The minimum Gasteiger partial charge on any atom is -0.494 e. The van der Waals surface area contributed by atoms with Crippen LogP contribution in [0, 0.1) is 11.3 Å². The second-order valence-corrected chi connectivity index (χ2v) is 13.4. The van der Waals surface area contributed by atoms with Gasteiger partial charge in [-0.15, -0.1) is 0 Å². The Labute approximate surface area is 214 Å². The first-order chi connectivity index (χ1) is 16.5. The molecule has 35 heavy (non-hydrogen) atoms. The van der Waals surface area contributed by atoms with Crippen molar-refractivity contribution in [3.63, 3.8) is 0 Å². The average Bonchev–Trinajstić information content (AvgIpc) is 3.50. The number of amides is 1. The summed E-state index contributed by atoms with van der Waals surface area (Å²) in [6.07, 6.45) is 3.85. The van der Waals surface area contributed by atoms with Crippen molar-refractivity contribution in [3.05, 3.63) is 64.7 Å². The highest BCUT2D eigenvalue weighted by Gasteiger charge is 2.56. The van der Waals surface area contributed by atoms with Gasteiger partial charge in [-0.05, 0) is 74.6 Å². The highest BCUT2D eigenvalue weighted by Crippen LogP contribution is 2.61. The molecule has 1 aliphatic carbocycles. The van der Waals surface area contributed by atoms with E-state index in [9.17, 15) is 13.2 Å². The van der Waals surface area contributed by atoms with Crippen LogP contribution in [0.1, 0.15) is 55.5 Å². The van der Waals surface area contributed by atoms with Crippen LogP contribution < -0.4 is 4.74 Å². The summed E-state index contributed by atoms with van der Waals surface area (Å²) in [5, 5.41) is 0.385. The van der Waals surface area contributed by atoms with E-state index in [4.69, 9.17) is 16.3 Å². The number of carbonyl (C=O) groups is 1. The van der Waals surface area contributed by atoms with Gasteiger partial charge in [0.1, 0.15) is 10.5 Å². The fraction of sp³-hybridized carbons (Fsp3) is 0.519. The number of benzene rings is 2. The molecule has 1 heterocycles. The minimum atomic E-state index is -3.46. The van der Waals surface area contributed by atoms with E-state index in [2.05, 4.69) is 0 Å². The second-order valence-electron chi connectivity index (χ2n) is 10.5. The van der Waals surface area contributed by atoms with Gasteiger partial charge in [-0.3, -0.25) is 4.79 Å². The van der Waals surface area contributed by atoms with Gasteiger partial charge >= 0.3 is 0 Å². The normalized spacial score (nSPS) is 20.0. The van der Waals surface area contributed by atoms with Crippen LogP contribution in [0.5, 0.6) is 5.75 Å². The molecule has 0 aromatic heterocycles. The predicted octanol–water partition coefficient (Wildman–Crippen LogP) is 5.18. The van der Waals surface area contributed by atoms with Crippen molar-refractivity contribution in [1.82, 2.24) is 9.21 Å². The largest absolute Gasteiger partial charge is 0.494 e.